The molecule has 106 valence electrons. The average molecular weight is 274 g/mol. The molecule has 0 bridgehead atoms. The summed E-state index contributed by atoms with van der Waals surface area (Å²) in [5.74, 6) is -0.514. The van der Waals surface area contributed by atoms with Gasteiger partial charge in [0.25, 0.3) is 0 Å². The van der Waals surface area contributed by atoms with Crippen LogP contribution in [-0.2, 0) is 4.79 Å². The summed E-state index contributed by atoms with van der Waals surface area (Å²) in [5.41, 5.74) is 1.44. The van der Waals surface area contributed by atoms with Gasteiger partial charge in [0, 0.05) is 6.54 Å². The van der Waals surface area contributed by atoms with Gasteiger partial charge in [0.05, 0.1) is 16.9 Å². The van der Waals surface area contributed by atoms with Gasteiger partial charge in [0.2, 0.25) is 5.91 Å². The Morgan fingerprint density at radius 3 is 3.00 bits per heavy atom. The number of carbonyl (C=O) groups is 2. The predicted octanol–water partition coefficient (Wildman–Crippen LogP) is 2.33. The lowest BCUT2D eigenvalue weighted by molar-refractivity contribution is -0.118. The van der Waals surface area contributed by atoms with E-state index in [-0.39, 0.29) is 17.5 Å². The van der Waals surface area contributed by atoms with Crippen molar-refractivity contribution >= 4 is 23.3 Å². The third-order valence-corrected chi connectivity index (χ3v) is 4.42. The highest BCUT2D eigenvalue weighted by atomic mass is 16.4. The van der Waals surface area contributed by atoms with Crippen LogP contribution in [0.1, 0.15) is 36.5 Å². The Kier molecular flexibility index (Phi) is 3.12. The molecule has 2 aliphatic rings. The number of carboxylic acids is 1. The molecule has 0 radical (unpaired) electrons. The van der Waals surface area contributed by atoms with Gasteiger partial charge in [-0.15, -0.1) is 0 Å². The lowest BCUT2D eigenvalue weighted by Crippen LogP contribution is -2.52. The molecular formula is C15H18N2O3. The van der Waals surface area contributed by atoms with E-state index in [2.05, 4.69) is 17.1 Å². The molecule has 1 aromatic carbocycles. The number of benzene rings is 1. The van der Waals surface area contributed by atoms with Crippen molar-refractivity contribution in [1.82, 2.24) is 0 Å². The summed E-state index contributed by atoms with van der Waals surface area (Å²) in [6.07, 6.45) is 2.98. The molecule has 2 heterocycles. The van der Waals surface area contributed by atoms with E-state index >= 15 is 0 Å². The van der Waals surface area contributed by atoms with Crippen molar-refractivity contribution in [2.75, 3.05) is 16.8 Å². The first-order chi connectivity index (χ1) is 9.61. The van der Waals surface area contributed by atoms with Crippen molar-refractivity contribution in [2.45, 2.75) is 32.2 Å². The van der Waals surface area contributed by atoms with Crippen LogP contribution in [0.15, 0.2) is 18.2 Å². The Morgan fingerprint density at radius 1 is 1.50 bits per heavy atom. The number of piperidine rings is 1. The maximum Gasteiger partial charge on any atom is 0.337 e. The molecule has 0 aliphatic carbocycles. The van der Waals surface area contributed by atoms with Crippen LogP contribution in [0.25, 0.3) is 0 Å². The number of nitrogens with zero attached hydrogens (tertiary/aromatic N) is 1. The van der Waals surface area contributed by atoms with Gasteiger partial charge in [-0.2, -0.15) is 0 Å². The topological polar surface area (TPSA) is 69.6 Å². The number of hydrogen-bond acceptors (Lipinski definition) is 3. The van der Waals surface area contributed by atoms with Crippen molar-refractivity contribution in [1.29, 1.82) is 0 Å². The molecule has 2 aliphatic heterocycles. The molecule has 1 fully saturated rings. The summed E-state index contributed by atoms with van der Waals surface area (Å²) in [7, 11) is 0. The number of fused-ring (bicyclic) bond motifs is 3. The fourth-order valence-electron chi connectivity index (χ4n) is 3.24. The molecular weight excluding hydrogens is 256 g/mol. The second-order valence-corrected chi connectivity index (χ2v) is 5.50. The molecule has 5 nitrogen and oxygen atoms in total. The largest absolute Gasteiger partial charge is 0.478 e. The van der Waals surface area contributed by atoms with E-state index in [4.69, 9.17) is 0 Å². The Labute approximate surface area is 117 Å². The van der Waals surface area contributed by atoms with Crippen LogP contribution < -0.4 is 10.2 Å². The number of aromatic carboxylic acids is 1. The summed E-state index contributed by atoms with van der Waals surface area (Å²) in [6.45, 7) is 2.96. The van der Waals surface area contributed by atoms with Gasteiger partial charge in [0.15, 0.2) is 0 Å². The highest BCUT2D eigenvalue weighted by molar-refractivity contribution is 6.09. The number of amides is 1. The number of carboxylic acid groups (broad SMARTS) is 1. The number of carbonyl (C=O) groups excluding carboxylic acids is 1. The molecule has 2 unspecified atom stereocenters. The Balaban J connectivity index is 2.02. The van der Waals surface area contributed by atoms with Crippen molar-refractivity contribution in [3.05, 3.63) is 23.8 Å². The number of nitrogens with one attached hydrogen (secondary N) is 1. The number of hydrogen-bond donors (Lipinski definition) is 2. The summed E-state index contributed by atoms with van der Waals surface area (Å²) in [4.78, 5) is 25.6. The van der Waals surface area contributed by atoms with Gasteiger partial charge in [-0.05, 0) is 30.9 Å². The maximum absolute atomic E-state index is 12.3. The van der Waals surface area contributed by atoms with Gasteiger partial charge in [-0.25, -0.2) is 4.79 Å². The second-order valence-electron chi connectivity index (χ2n) is 5.50. The molecule has 0 saturated carbocycles. The maximum atomic E-state index is 12.3. The highest BCUT2D eigenvalue weighted by Crippen LogP contribution is 2.39. The summed E-state index contributed by atoms with van der Waals surface area (Å²) in [6, 6.07) is 4.99. The van der Waals surface area contributed by atoms with Crippen molar-refractivity contribution in [3.63, 3.8) is 0 Å². The minimum absolute atomic E-state index is 0.0793. The van der Waals surface area contributed by atoms with Gasteiger partial charge in [-0.1, -0.05) is 19.4 Å². The van der Waals surface area contributed by atoms with Crippen LogP contribution in [0.5, 0.6) is 0 Å². The summed E-state index contributed by atoms with van der Waals surface area (Å²) < 4.78 is 0. The quantitative estimate of drug-likeness (QED) is 0.868. The molecule has 2 atom stereocenters. The molecule has 1 aromatic rings. The standard InChI is InChI=1S/C15H18N2O3/c1-2-9-6-7-17-11-5-3-4-10(15(19)20)13(11)16-14(18)12(17)8-9/h3-5,9,12H,2,6-8H2,1H3,(H,16,18)(H,19,20). The van der Waals surface area contributed by atoms with E-state index in [1.807, 2.05) is 6.07 Å². The first-order valence-electron chi connectivity index (χ1n) is 7.05. The van der Waals surface area contributed by atoms with Crippen molar-refractivity contribution < 1.29 is 14.7 Å². The molecule has 3 rings (SSSR count). The van der Waals surface area contributed by atoms with E-state index in [0.717, 1.165) is 31.5 Å². The normalized spacial score (nSPS) is 24.6. The first kappa shape index (κ1) is 13.0. The third kappa shape index (κ3) is 1.94. The molecule has 1 amide bonds. The zero-order valence-corrected chi connectivity index (χ0v) is 11.4. The van der Waals surface area contributed by atoms with E-state index in [0.29, 0.717) is 11.6 Å². The Bertz CT molecular complexity index is 570. The molecule has 2 N–H and O–H groups in total. The highest BCUT2D eigenvalue weighted by Gasteiger charge is 2.38. The van der Waals surface area contributed by atoms with Gasteiger partial charge in [-0.3, -0.25) is 4.79 Å². The number of anilines is 2. The van der Waals surface area contributed by atoms with Gasteiger partial charge >= 0.3 is 5.97 Å². The zero-order chi connectivity index (χ0) is 14.3. The summed E-state index contributed by atoms with van der Waals surface area (Å²) >= 11 is 0. The SMILES string of the molecule is CCC1CCN2c3cccc(C(=O)O)c3NC(=O)C2C1. The van der Waals surface area contributed by atoms with Gasteiger partial charge in [0.1, 0.15) is 6.04 Å². The van der Waals surface area contributed by atoms with Crippen LogP contribution in [-0.4, -0.2) is 29.6 Å². The minimum Gasteiger partial charge on any atom is -0.478 e. The fraction of sp³-hybridized carbons (Fsp3) is 0.467. The van der Waals surface area contributed by atoms with Crippen molar-refractivity contribution in [2.24, 2.45) is 5.92 Å². The molecule has 1 saturated heterocycles. The molecule has 20 heavy (non-hydrogen) atoms. The summed E-state index contributed by atoms with van der Waals surface area (Å²) in [5, 5.41) is 12.0. The second kappa shape index (κ2) is 4.81. The Hall–Kier alpha value is -2.04. The number of para-hydroxylation sites is 1. The molecule has 5 heteroatoms. The number of rotatable bonds is 2. The Morgan fingerprint density at radius 2 is 2.30 bits per heavy atom. The van der Waals surface area contributed by atoms with E-state index in [1.165, 1.54) is 6.07 Å². The van der Waals surface area contributed by atoms with Crippen LogP contribution in [0, 0.1) is 5.92 Å². The zero-order valence-electron chi connectivity index (χ0n) is 11.4. The van der Waals surface area contributed by atoms with Gasteiger partial charge < -0.3 is 15.3 Å². The lowest BCUT2D eigenvalue weighted by Gasteiger charge is -2.43. The van der Waals surface area contributed by atoms with E-state index in [1.54, 1.807) is 6.07 Å². The van der Waals surface area contributed by atoms with Crippen LogP contribution >= 0.6 is 0 Å². The molecule has 0 spiro atoms. The lowest BCUT2D eigenvalue weighted by atomic mass is 9.86. The van der Waals surface area contributed by atoms with E-state index < -0.39 is 5.97 Å². The predicted molar refractivity (Wildman–Crippen MR) is 76.2 cm³/mol. The minimum atomic E-state index is -1.01. The first-order valence-corrected chi connectivity index (χ1v) is 7.05. The smallest absolute Gasteiger partial charge is 0.337 e. The van der Waals surface area contributed by atoms with Crippen LogP contribution in [0.4, 0.5) is 11.4 Å². The van der Waals surface area contributed by atoms with Crippen LogP contribution in [0.2, 0.25) is 0 Å². The fourth-order valence-corrected chi connectivity index (χ4v) is 3.24. The average Bonchev–Trinajstić information content (AvgIpc) is 2.46. The monoisotopic (exact) mass is 274 g/mol. The van der Waals surface area contributed by atoms with E-state index in [9.17, 15) is 14.7 Å². The molecule has 0 aromatic heterocycles. The van der Waals surface area contributed by atoms with Crippen LogP contribution in [0.3, 0.4) is 0 Å². The van der Waals surface area contributed by atoms with Crippen molar-refractivity contribution in [3.8, 4) is 0 Å². The third-order valence-electron chi connectivity index (χ3n) is 4.42.